The number of nitrogens with two attached hydrogens (primary N) is 1. The van der Waals surface area contributed by atoms with E-state index in [0.717, 1.165) is 12.8 Å². The van der Waals surface area contributed by atoms with Gasteiger partial charge in [0.15, 0.2) is 0 Å². The van der Waals surface area contributed by atoms with E-state index in [1.165, 1.54) is 18.2 Å². The summed E-state index contributed by atoms with van der Waals surface area (Å²) in [5, 5.41) is 5.39. The topological polar surface area (TPSA) is 84.2 Å². The smallest absolute Gasteiger partial charge is 0.254 e. The zero-order valence-electron chi connectivity index (χ0n) is 13.5. The first kappa shape index (κ1) is 17.4. The average Bonchev–Trinajstić information content (AvgIpc) is 3.34. The molecule has 1 aliphatic rings. The summed E-state index contributed by atoms with van der Waals surface area (Å²) in [5.41, 5.74) is 5.90. The van der Waals surface area contributed by atoms with E-state index in [0.29, 0.717) is 12.5 Å². The van der Waals surface area contributed by atoms with Crippen LogP contribution in [0.25, 0.3) is 0 Å². The third kappa shape index (κ3) is 4.76. The van der Waals surface area contributed by atoms with Gasteiger partial charge in [0.05, 0.1) is 5.56 Å². The number of benzene rings is 1. The van der Waals surface area contributed by atoms with Crippen LogP contribution in [0.15, 0.2) is 24.3 Å². The van der Waals surface area contributed by atoms with Crippen LogP contribution in [-0.2, 0) is 4.79 Å². The molecule has 23 heavy (non-hydrogen) atoms. The van der Waals surface area contributed by atoms with Gasteiger partial charge in [0, 0.05) is 12.6 Å². The number of halogens is 1. The van der Waals surface area contributed by atoms with Gasteiger partial charge in [-0.1, -0.05) is 26.0 Å². The lowest BCUT2D eigenvalue weighted by Crippen LogP contribution is -2.52. The number of nitrogens with one attached hydrogen (secondary N) is 2. The van der Waals surface area contributed by atoms with E-state index in [4.69, 9.17) is 5.73 Å². The van der Waals surface area contributed by atoms with Gasteiger partial charge in [0.2, 0.25) is 5.91 Å². The number of rotatable bonds is 7. The molecule has 2 rings (SSSR count). The number of hydrogen-bond donors (Lipinski definition) is 3. The lowest BCUT2D eigenvalue weighted by molar-refractivity contribution is -0.124. The van der Waals surface area contributed by atoms with Crippen LogP contribution in [0.2, 0.25) is 0 Å². The summed E-state index contributed by atoms with van der Waals surface area (Å²) in [4.78, 5) is 24.5. The van der Waals surface area contributed by atoms with Crippen molar-refractivity contribution in [3.63, 3.8) is 0 Å². The molecule has 2 amide bonds. The van der Waals surface area contributed by atoms with E-state index in [-0.39, 0.29) is 23.4 Å². The van der Waals surface area contributed by atoms with Crippen LogP contribution in [0.4, 0.5) is 4.39 Å². The summed E-state index contributed by atoms with van der Waals surface area (Å²) in [7, 11) is 0. The van der Waals surface area contributed by atoms with Crippen molar-refractivity contribution in [3.05, 3.63) is 35.6 Å². The molecule has 4 N–H and O–H groups in total. The molecule has 2 atom stereocenters. The van der Waals surface area contributed by atoms with Gasteiger partial charge < -0.3 is 16.4 Å². The van der Waals surface area contributed by atoms with Crippen molar-refractivity contribution in [1.29, 1.82) is 0 Å². The fourth-order valence-corrected chi connectivity index (χ4v) is 2.42. The second-order valence-corrected chi connectivity index (χ2v) is 6.42. The summed E-state index contributed by atoms with van der Waals surface area (Å²) < 4.78 is 13.7. The Balaban J connectivity index is 1.96. The molecule has 0 bridgehead atoms. The Morgan fingerprint density at radius 1 is 1.30 bits per heavy atom. The minimum atomic E-state index is -0.728. The van der Waals surface area contributed by atoms with E-state index in [2.05, 4.69) is 10.6 Å². The van der Waals surface area contributed by atoms with Gasteiger partial charge in [-0.3, -0.25) is 9.59 Å². The monoisotopic (exact) mass is 321 g/mol. The molecule has 1 saturated carbocycles. The van der Waals surface area contributed by atoms with Crippen molar-refractivity contribution in [2.45, 2.75) is 38.8 Å². The van der Waals surface area contributed by atoms with Crippen LogP contribution in [0.5, 0.6) is 0 Å². The van der Waals surface area contributed by atoms with Gasteiger partial charge in [0.25, 0.3) is 5.91 Å². The van der Waals surface area contributed by atoms with Crippen LogP contribution in [0.1, 0.15) is 37.0 Å². The fourth-order valence-electron chi connectivity index (χ4n) is 2.42. The molecule has 1 aromatic carbocycles. The summed E-state index contributed by atoms with van der Waals surface area (Å²) in [6.45, 7) is 4.04. The average molecular weight is 321 g/mol. The first-order valence-electron chi connectivity index (χ1n) is 7.98. The van der Waals surface area contributed by atoms with Gasteiger partial charge in [-0.15, -0.1) is 0 Å². The van der Waals surface area contributed by atoms with Gasteiger partial charge in [0.1, 0.15) is 11.9 Å². The second kappa shape index (κ2) is 7.55. The molecule has 0 aromatic heterocycles. The van der Waals surface area contributed by atoms with E-state index >= 15 is 0 Å². The van der Waals surface area contributed by atoms with Crippen LogP contribution < -0.4 is 16.4 Å². The zero-order valence-corrected chi connectivity index (χ0v) is 13.5. The molecule has 0 spiro atoms. The van der Waals surface area contributed by atoms with Crippen molar-refractivity contribution in [2.24, 2.45) is 17.6 Å². The molecule has 0 saturated heterocycles. The third-order valence-electron chi connectivity index (χ3n) is 4.09. The zero-order chi connectivity index (χ0) is 17.0. The Kier molecular flexibility index (Phi) is 5.71. The van der Waals surface area contributed by atoms with Gasteiger partial charge >= 0.3 is 0 Å². The third-order valence-corrected chi connectivity index (χ3v) is 4.09. The minimum absolute atomic E-state index is 0.0472. The molecule has 2 unspecified atom stereocenters. The van der Waals surface area contributed by atoms with Crippen LogP contribution in [0, 0.1) is 17.7 Å². The van der Waals surface area contributed by atoms with Crippen molar-refractivity contribution >= 4 is 11.8 Å². The molecular formula is C17H24FN3O2. The predicted octanol–water partition coefficient (Wildman–Crippen LogP) is 1.43. The Hall–Kier alpha value is -1.95. The van der Waals surface area contributed by atoms with Gasteiger partial charge in [-0.25, -0.2) is 4.39 Å². The molecule has 1 aromatic rings. The summed E-state index contributed by atoms with van der Waals surface area (Å²) in [6.07, 6.45) is 2.21. The maximum atomic E-state index is 13.7. The molecule has 126 valence electrons. The quantitative estimate of drug-likeness (QED) is 0.710. The van der Waals surface area contributed by atoms with Crippen molar-refractivity contribution in [2.75, 3.05) is 6.54 Å². The maximum absolute atomic E-state index is 13.7. The SMILES string of the molecule is CC(C)C(NC(=O)c1ccccc1F)C(=O)NCC(N)C1CC1. The number of carbonyl (C=O) groups excluding carboxylic acids is 2. The molecule has 0 aliphatic heterocycles. The first-order valence-corrected chi connectivity index (χ1v) is 7.98. The molecule has 1 fully saturated rings. The highest BCUT2D eigenvalue weighted by Gasteiger charge is 2.30. The van der Waals surface area contributed by atoms with Crippen LogP contribution >= 0.6 is 0 Å². The largest absolute Gasteiger partial charge is 0.353 e. The molecular weight excluding hydrogens is 297 g/mol. The van der Waals surface area contributed by atoms with Crippen molar-refractivity contribution in [1.82, 2.24) is 10.6 Å². The van der Waals surface area contributed by atoms with Crippen LogP contribution in [-0.4, -0.2) is 30.4 Å². The summed E-state index contributed by atoms with van der Waals surface area (Å²) >= 11 is 0. The lowest BCUT2D eigenvalue weighted by atomic mass is 10.0. The van der Waals surface area contributed by atoms with E-state index < -0.39 is 17.8 Å². The molecule has 5 nitrogen and oxygen atoms in total. The Bertz CT molecular complexity index is 573. The highest BCUT2D eigenvalue weighted by molar-refractivity contribution is 5.97. The second-order valence-electron chi connectivity index (χ2n) is 6.42. The Labute approximate surface area is 135 Å². The number of hydrogen-bond acceptors (Lipinski definition) is 3. The fraction of sp³-hybridized carbons (Fsp3) is 0.529. The summed E-state index contributed by atoms with van der Waals surface area (Å²) in [6, 6.07) is 4.93. The number of amides is 2. The van der Waals surface area contributed by atoms with Crippen molar-refractivity contribution < 1.29 is 14.0 Å². The normalized spacial score (nSPS) is 16.7. The van der Waals surface area contributed by atoms with E-state index in [1.807, 2.05) is 13.8 Å². The Morgan fingerprint density at radius 2 is 1.96 bits per heavy atom. The van der Waals surface area contributed by atoms with Crippen LogP contribution in [0.3, 0.4) is 0 Å². The summed E-state index contributed by atoms with van der Waals surface area (Å²) in [5.74, 6) is -1.13. The maximum Gasteiger partial charge on any atom is 0.254 e. The van der Waals surface area contributed by atoms with E-state index in [1.54, 1.807) is 6.07 Å². The van der Waals surface area contributed by atoms with E-state index in [9.17, 15) is 14.0 Å². The predicted molar refractivity (Wildman–Crippen MR) is 86.2 cm³/mol. The number of carbonyl (C=O) groups is 2. The standard InChI is InChI=1S/C17H24FN3O2/c1-10(2)15(17(23)20-9-14(19)11-7-8-11)21-16(22)12-5-3-4-6-13(12)18/h3-6,10-11,14-15H,7-9,19H2,1-2H3,(H,20,23)(H,21,22). The first-order chi connectivity index (χ1) is 10.9. The highest BCUT2D eigenvalue weighted by atomic mass is 19.1. The molecule has 1 aliphatic carbocycles. The van der Waals surface area contributed by atoms with Gasteiger partial charge in [-0.2, -0.15) is 0 Å². The highest BCUT2D eigenvalue weighted by Crippen LogP contribution is 2.31. The molecule has 0 heterocycles. The minimum Gasteiger partial charge on any atom is -0.353 e. The van der Waals surface area contributed by atoms with Crippen molar-refractivity contribution in [3.8, 4) is 0 Å². The lowest BCUT2D eigenvalue weighted by Gasteiger charge is -2.23. The Morgan fingerprint density at radius 3 is 2.52 bits per heavy atom. The molecule has 0 radical (unpaired) electrons. The molecule has 6 heteroatoms. The van der Waals surface area contributed by atoms with Gasteiger partial charge in [-0.05, 0) is 36.8 Å².